The molecule has 0 saturated carbocycles. The first-order valence-electron chi connectivity index (χ1n) is 5.69. The van der Waals surface area contributed by atoms with Crippen molar-refractivity contribution in [1.29, 1.82) is 0 Å². The minimum Gasteiger partial charge on any atom is -0.476 e. The Labute approximate surface area is 108 Å². The molecule has 0 amide bonds. The van der Waals surface area contributed by atoms with Gasteiger partial charge in [-0.3, -0.25) is 4.98 Å². The molecule has 0 aliphatic heterocycles. The van der Waals surface area contributed by atoms with Gasteiger partial charge in [-0.15, -0.1) is 5.10 Å². The first-order valence-corrected chi connectivity index (χ1v) is 5.69. The number of nitrogens with zero attached hydrogens (tertiary/aromatic N) is 4. The molecule has 2 aromatic heterocycles. The zero-order valence-corrected chi connectivity index (χ0v) is 9.89. The van der Waals surface area contributed by atoms with Gasteiger partial charge in [-0.2, -0.15) is 0 Å². The summed E-state index contributed by atoms with van der Waals surface area (Å²) in [7, 11) is 0. The number of pyridine rings is 1. The van der Waals surface area contributed by atoms with Gasteiger partial charge in [-0.1, -0.05) is 23.4 Å². The maximum atomic E-state index is 10.7. The molecule has 2 heterocycles. The Morgan fingerprint density at radius 1 is 1.32 bits per heavy atom. The van der Waals surface area contributed by atoms with Crippen LogP contribution in [0, 0.1) is 0 Å². The van der Waals surface area contributed by atoms with E-state index in [0.717, 1.165) is 16.5 Å². The summed E-state index contributed by atoms with van der Waals surface area (Å²) in [6.07, 6.45) is 3.15. The average Bonchev–Trinajstić information content (AvgIpc) is 2.87. The smallest absolute Gasteiger partial charge is 0.358 e. The lowest BCUT2D eigenvalue weighted by molar-refractivity contribution is 0.0690. The Balaban J connectivity index is 1.89. The van der Waals surface area contributed by atoms with Crippen molar-refractivity contribution >= 4 is 16.9 Å². The molecule has 6 nitrogen and oxygen atoms in total. The Bertz CT molecular complexity index is 751. The van der Waals surface area contributed by atoms with Crippen LogP contribution in [0.3, 0.4) is 0 Å². The molecule has 0 spiro atoms. The van der Waals surface area contributed by atoms with Gasteiger partial charge < -0.3 is 5.11 Å². The second-order valence-electron chi connectivity index (χ2n) is 4.14. The van der Waals surface area contributed by atoms with Crippen LogP contribution in [0.1, 0.15) is 16.1 Å². The molecule has 1 N–H and O–H groups in total. The van der Waals surface area contributed by atoms with Crippen molar-refractivity contribution in [3.05, 3.63) is 54.0 Å². The normalized spacial score (nSPS) is 10.7. The fourth-order valence-electron chi connectivity index (χ4n) is 1.86. The molecule has 0 aliphatic rings. The monoisotopic (exact) mass is 254 g/mol. The zero-order valence-electron chi connectivity index (χ0n) is 9.89. The van der Waals surface area contributed by atoms with E-state index in [1.807, 2.05) is 30.3 Å². The van der Waals surface area contributed by atoms with Gasteiger partial charge in [0.05, 0.1) is 18.3 Å². The molecule has 3 aromatic rings. The van der Waals surface area contributed by atoms with E-state index in [9.17, 15) is 4.79 Å². The number of benzene rings is 1. The molecule has 0 unspecified atom stereocenters. The highest BCUT2D eigenvalue weighted by Gasteiger charge is 2.08. The van der Waals surface area contributed by atoms with Crippen LogP contribution in [0.4, 0.5) is 0 Å². The molecule has 0 bridgehead atoms. The summed E-state index contributed by atoms with van der Waals surface area (Å²) in [6, 6.07) is 9.81. The number of fused-ring (bicyclic) bond motifs is 1. The van der Waals surface area contributed by atoms with Crippen molar-refractivity contribution in [3.63, 3.8) is 0 Å². The summed E-state index contributed by atoms with van der Waals surface area (Å²) in [5, 5.41) is 17.2. The molecule has 19 heavy (non-hydrogen) atoms. The third-order valence-corrected chi connectivity index (χ3v) is 2.75. The molecule has 1 aromatic carbocycles. The van der Waals surface area contributed by atoms with Crippen LogP contribution in [-0.2, 0) is 6.54 Å². The van der Waals surface area contributed by atoms with Crippen molar-refractivity contribution < 1.29 is 9.90 Å². The van der Waals surface area contributed by atoms with Gasteiger partial charge in [-0.05, 0) is 17.7 Å². The number of carbonyl (C=O) groups is 1. The highest BCUT2D eigenvalue weighted by atomic mass is 16.4. The Kier molecular flexibility index (Phi) is 2.68. The lowest BCUT2D eigenvalue weighted by Gasteiger charge is -2.02. The predicted octanol–water partition coefficient (Wildman–Crippen LogP) is 1.57. The summed E-state index contributed by atoms with van der Waals surface area (Å²) >= 11 is 0. The molecule has 3 rings (SSSR count). The van der Waals surface area contributed by atoms with E-state index in [0.29, 0.717) is 6.54 Å². The van der Waals surface area contributed by atoms with Crippen molar-refractivity contribution in [2.24, 2.45) is 0 Å². The van der Waals surface area contributed by atoms with Crippen LogP contribution in [0.5, 0.6) is 0 Å². The van der Waals surface area contributed by atoms with E-state index < -0.39 is 5.97 Å². The quantitative estimate of drug-likeness (QED) is 0.767. The number of carboxylic acids is 1. The minimum absolute atomic E-state index is 0.0613. The molecule has 94 valence electrons. The van der Waals surface area contributed by atoms with Crippen LogP contribution in [-0.4, -0.2) is 31.1 Å². The molecule has 0 atom stereocenters. The maximum absolute atomic E-state index is 10.7. The lowest BCUT2D eigenvalue weighted by Crippen LogP contribution is -2.01. The minimum atomic E-state index is -1.08. The van der Waals surface area contributed by atoms with E-state index in [4.69, 9.17) is 5.11 Å². The molecule has 0 fully saturated rings. The summed E-state index contributed by atoms with van der Waals surface area (Å²) in [5.41, 5.74) is 1.81. The van der Waals surface area contributed by atoms with Crippen molar-refractivity contribution in [2.45, 2.75) is 6.54 Å². The molecule has 0 radical (unpaired) electrons. The van der Waals surface area contributed by atoms with Gasteiger partial charge in [0.1, 0.15) is 0 Å². The third-order valence-electron chi connectivity index (χ3n) is 2.75. The van der Waals surface area contributed by atoms with Gasteiger partial charge in [0, 0.05) is 11.6 Å². The predicted molar refractivity (Wildman–Crippen MR) is 67.8 cm³/mol. The van der Waals surface area contributed by atoms with Crippen LogP contribution < -0.4 is 0 Å². The fourth-order valence-corrected chi connectivity index (χ4v) is 1.86. The molecule has 6 heteroatoms. The van der Waals surface area contributed by atoms with Crippen LogP contribution in [0.25, 0.3) is 10.9 Å². The van der Waals surface area contributed by atoms with Gasteiger partial charge >= 0.3 is 5.97 Å². The largest absolute Gasteiger partial charge is 0.476 e. The van der Waals surface area contributed by atoms with Crippen LogP contribution in [0.2, 0.25) is 0 Å². The first-order chi connectivity index (χ1) is 9.22. The number of rotatable bonds is 3. The highest BCUT2D eigenvalue weighted by Crippen LogP contribution is 2.13. The molecular formula is C13H10N4O2. The number of aromatic carboxylic acids is 1. The van der Waals surface area contributed by atoms with E-state index in [1.165, 1.54) is 10.9 Å². The zero-order chi connectivity index (χ0) is 13.2. The summed E-state index contributed by atoms with van der Waals surface area (Å²) < 4.78 is 1.48. The van der Waals surface area contributed by atoms with Crippen LogP contribution >= 0.6 is 0 Å². The number of hydrogen-bond acceptors (Lipinski definition) is 4. The molecule has 0 saturated heterocycles. The average molecular weight is 254 g/mol. The van der Waals surface area contributed by atoms with E-state index in [-0.39, 0.29) is 5.69 Å². The van der Waals surface area contributed by atoms with Crippen molar-refractivity contribution in [2.75, 3.05) is 0 Å². The standard InChI is InChI=1S/C13H10N4O2/c18-13(19)12-8-17(16-15-12)7-9-5-10-3-1-2-4-11(10)14-6-9/h1-6,8H,7H2,(H,18,19). The maximum Gasteiger partial charge on any atom is 0.358 e. The van der Waals surface area contributed by atoms with Crippen LogP contribution in [0.15, 0.2) is 42.7 Å². The SMILES string of the molecule is O=C(O)c1cn(Cc2cnc3ccccc3c2)nn1. The Morgan fingerprint density at radius 3 is 2.95 bits per heavy atom. The fraction of sp³-hybridized carbons (Fsp3) is 0.0769. The Morgan fingerprint density at radius 2 is 2.16 bits per heavy atom. The third kappa shape index (κ3) is 2.28. The van der Waals surface area contributed by atoms with Gasteiger partial charge in [0.25, 0.3) is 0 Å². The summed E-state index contributed by atoms with van der Waals surface area (Å²) in [6.45, 7) is 0.443. The van der Waals surface area contributed by atoms with Crippen molar-refractivity contribution in [3.8, 4) is 0 Å². The molecular weight excluding hydrogens is 244 g/mol. The van der Waals surface area contributed by atoms with E-state index in [2.05, 4.69) is 15.3 Å². The number of aromatic nitrogens is 4. The first kappa shape index (κ1) is 11.3. The molecule has 0 aliphatic carbocycles. The second kappa shape index (κ2) is 4.49. The number of hydrogen-bond donors (Lipinski definition) is 1. The summed E-state index contributed by atoms with van der Waals surface area (Å²) in [5.74, 6) is -1.08. The number of carboxylic acid groups (broad SMARTS) is 1. The second-order valence-corrected chi connectivity index (χ2v) is 4.14. The lowest BCUT2D eigenvalue weighted by atomic mass is 10.1. The van der Waals surface area contributed by atoms with Gasteiger partial charge in [0.15, 0.2) is 5.69 Å². The van der Waals surface area contributed by atoms with E-state index in [1.54, 1.807) is 6.20 Å². The Hall–Kier alpha value is -2.76. The van der Waals surface area contributed by atoms with Gasteiger partial charge in [0.2, 0.25) is 0 Å². The topological polar surface area (TPSA) is 80.9 Å². The number of para-hydroxylation sites is 1. The summed E-state index contributed by atoms with van der Waals surface area (Å²) in [4.78, 5) is 15.1. The van der Waals surface area contributed by atoms with E-state index >= 15 is 0 Å². The van der Waals surface area contributed by atoms with Gasteiger partial charge in [-0.25, -0.2) is 9.48 Å². The van der Waals surface area contributed by atoms with Crippen molar-refractivity contribution in [1.82, 2.24) is 20.0 Å². The highest BCUT2D eigenvalue weighted by molar-refractivity contribution is 5.84.